The summed E-state index contributed by atoms with van der Waals surface area (Å²) in [6.07, 6.45) is 3.33. The minimum Gasteiger partial charge on any atom is -0.481 e. The zero-order valence-corrected chi connectivity index (χ0v) is 8.34. The molecule has 1 aliphatic rings. The molecule has 1 aromatic heterocycles. The fourth-order valence-electron chi connectivity index (χ4n) is 1.91. The van der Waals surface area contributed by atoms with Crippen molar-refractivity contribution in [1.29, 1.82) is 0 Å². The van der Waals surface area contributed by atoms with Crippen LogP contribution in [-0.4, -0.2) is 22.1 Å². The smallest absolute Gasteiger partial charge is 0.310 e. The van der Waals surface area contributed by atoms with Crippen LogP contribution in [0.15, 0.2) is 24.5 Å². The van der Waals surface area contributed by atoms with Crippen LogP contribution in [0, 0.1) is 5.92 Å². The molecule has 1 fully saturated rings. The second-order valence-corrected chi connectivity index (χ2v) is 3.70. The Morgan fingerprint density at radius 3 is 2.67 bits per heavy atom. The first-order valence-corrected chi connectivity index (χ1v) is 4.84. The standard InChI is InChI=1S/C10H13N3O2/c1-6-8(10(14)15)9(13-12-6)7-2-4-11-5-3-7/h2-6,8-9,12-13H,1H3,(H,14,15). The molecule has 1 aliphatic heterocycles. The maximum Gasteiger partial charge on any atom is 0.310 e. The molecule has 1 saturated heterocycles. The van der Waals surface area contributed by atoms with Crippen molar-refractivity contribution in [3.8, 4) is 0 Å². The molecule has 15 heavy (non-hydrogen) atoms. The van der Waals surface area contributed by atoms with Gasteiger partial charge in [0.2, 0.25) is 0 Å². The second-order valence-electron chi connectivity index (χ2n) is 3.70. The van der Waals surface area contributed by atoms with Gasteiger partial charge in [0.05, 0.1) is 12.0 Å². The monoisotopic (exact) mass is 207 g/mol. The van der Waals surface area contributed by atoms with Gasteiger partial charge in [-0.1, -0.05) is 0 Å². The van der Waals surface area contributed by atoms with Crippen LogP contribution < -0.4 is 10.9 Å². The quantitative estimate of drug-likeness (QED) is 0.651. The van der Waals surface area contributed by atoms with E-state index in [4.69, 9.17) is 5.11 Å². The van der Waals surface area contributed by atoms with Gasteiger partial charge in [0.15, 0.2) is 0 Å². The minimum absolute atomic E-state index is 0.0827. The van der Waals surface area contributed by atoms with Gasteiger partial charge in [-0.3, -0.25) is 15.2 Å². The number of hydrazine groups is 1. The normalized spacial score (nSPS) is 30.3. The van der Waals surface area contributed by atoms with Crippen LogP contribution in [0.25, 0.3) is 0 Å². The summed E-state index contributed by atoms with van der Waals surface area (Å²) < 4.78 is 0. The largest absolute Gasteiger partial charge is 0.481 e. The molecule has 2 rings (SSSR count). The molecule has 3 atom stereocenters. The maximum atomic E-state index is 11.1. The van der Waals surface area contributed by atoms with Crippen LogP contribution in [0.2, 0.25) is 0 Å². The van der Waals surface area contributed by atoms with E-state index < -0.39 is 11.9 Å². The molecule has 1 aromatic rings. The highest BCUT2D eigenvalue weighted by molar-refractivity contribution is 5.72. The molecule has 0 bridgehead atoms. The molecular weight excluding hydrogens is 194 g/mol. The summed E-state index contributed by atoms with van der Waals surface area (Å²) in [5.41, 5.74) is 6.88. The number of nitrogens with one attached hydrogen (secondary N) is 2. The van der Waals surface area contributed by atoms with Crippen LogP contribution in [0.5, 0.6) is 0 Å². The van der Waals surface area contributed by atoms with Crippen LogP contribution in [0.3, 0.4) is 0 Å². The Hall–Kier alpha value is -1.46. The molecule has 80 valence electrons. The summed E-state index contributed by atoms with van der Waals surface area (Å²) in [4.78, 5) is 15.0. The van der Waals surface area contributed by atoms with E-state index in [1.54, 1.807) is 12.4 Å². The molecule has 0 saturated carbocycles. The highest BCUT2D eigenvalue weighted by atomic mass is 16.4. The van der Waals surface area contributed by atoms with Gasteiger partial charge in [-0.25, -0.2) is 5.43 Å². The van der Waals surface area contributed by atoms with Gasteiger partial charge >= 0.3 is 5.97 Å². The second kappa shape index (κ2) is 3.96. The zero-order valence-electron chi connectivity index (χ0n) is 8.34. The molecule has 0 aliphatic carbocycles. The molecular formula is C10H13N3O2. The van der Waals surface area contributed by atoms with Crippen molar-refractivity contribution in [3.05, 3.63) is 30.1 Å². The van der Waals surface area contributed by atoms with Crippen LogP contribution in [-0.2, 0) is 4.79 Å². The van der Waals surface area contributed by atoms with E-state index >= 15 is 0 Å². The first-order valence-electron chi connectivity index (χ1n) is 4.84. The van der Waals surface area contributed by atoms with Gasteiger partial charge in [-0.2, -0.15) is 0 Å². The average Bonchev–Trinajstić information content (AvgIpc) is 2.61. The van der Waals surface area contributed by atoms with Crippen LogP contribution >= 0.6 is 0 Å². The number of carbonyl (C=O) groups is 1. The summed E-state index contributed by atoms with van der Waals surface area (Å²) >= 11 is 0. The summed E-state index contributed by atoms with van der Waals surface area (Å²) in [5.74, 6) is -1.24. The van der Waals surface area contributed by atoms with E-state index in [2.05, 4.69) is 15.8 Å². The molecule has 0 radical (unpaired) electrons. The molecule has 2 heterocycles. The Kier molecular flexibility index (Phi) is 2.66. The van der Waals surface area contributed by atoms with Crippen molar-refractivity contribution in [1.82, 2.24) is 15.8 Å². The molecule has 5 heteroatoms. The van der Waals surface area contributed by atoms with Gasteiger partial charge in [-0.15, -0.1) is 0 Å². The Morgan fingerprint density at radius 2 is 2.07 bits per heavy atom. The number of carboxylic acids is 1. The van der Waals surface area contributed by atoms with E-state index in [0.29, 0.717) is 0 Å². The van der Waals surface area contributed by atoms with Crippen molar-refractivity contribution in [3.63, 3.8) is 0 Å². The SMILES string of the molecule is CC1NNC(c2ccncc2)C1C(=O)O. The average molecular weight is 207 g/mol. The van der Waals surface area contributed by atoms with Gasteiger partial charge in [0.1, 0.15) is 0 Å². The Morgan fingerprint density at radius 1 is 1.40 bits per heavy atom. The minimum atomic E-state index is -0.790. The molecule has 0 aromatic carbocycles. The third-order valence-electron chi connectivity index (χ3n) is 2.71. The first-order chi connectivity index (χ1) is 7.20. The topological polar surface area (TPSA) is 74.2 Å². The summed E-state index contributed by atoms with van der Waals surface area (Å²) in [6, 6.07) is 3.38. The number of pyridine rings is 1. The van der Waals surface area contributed by atoms with Crippen molar-refractivity contribution in [2.75, 3.05) is 0 Å². The Labute approximate surface area is 87.5 Å². The number of aromatic nitrogens is 1. The molecule has 0 spiro atoms. The number of hydrogen-bond donors (Lipinski definition) is 3. The lowest BCUT2D eigenvalue weighted by Gasteiger charge is -2.16. The predicted octanol–water partition coefficient (Wildman–Crippen LogP) is 0.320. The van der Waals surface area contributed by atoms with Gasteiger partial charge in [0, 0.05) is 18.4 Å². The summed E-state index contributed by atoms with van der Waals surface area (Å²) in [6.45, 7) is 1.85. The predicted molar refractivity (Wildman–Crippen MR) is 53.8 cm³/mol. The molecule has 3 N–H and O–H groups in total. The summed E-state index contributed by atoms with van der Waals surface area (Å²) in [5, 5.41) is 9.12. The molecule has 0 amide bonds. The van der Waals surface area contributed by atoms with Crippen LogP contribution in [0.1, 0.15) is 18.5 Å². The maximum absolute atomic E-state index is 11.1. The molecule has 3 unspecified atom stereocenters. The Bertz CT molecular complexity index is 355. The van der Waals surface area contributed by atoms with Crippen molar-refractivity contribution in [2.24, 2.45) is 5.92 Å². The summed E-state index contributed by atoms with van der Waals surface area (Å²) in [7, 11) is 0. The number of nitrogens with zero attached hydrogens (tertiary/aromatic N) is 1. The zero-order chi connectivity index (χ0) is 10.8. The van der Waals surface area contributed by atoms with Crippen molar-refractivity contribution < 1.29 is 9.90 Å². The van der Waals surface area contributed by atoms with E-state index in [1.165, 1.54) is 0 Å². The number of carboxylic acid groups (broad SMARTS) is 1. The van der Waals surface area contributed by atoms with Crippen molar-refractivity contribution in [2.45, 2.75) is 19.0 Å². The Balaban J connectivity index is 2.26. The first kappa shape index (κ1) is 10.1. The van der Waals surface area contributed by atoms with E-state index in [1.807, 2.05) is 19.1 Å². The van der Waals surface area contributed by atoms with E-state index in [0.717, 1.165) is 5.56 Å². The number of hydrogen-bond acceptors (Lipinski definition) is 4. The third kappa shape index (κ3) is 1.84. The van der Waals surface area contributed by atoms with Gasteiger partial charge < -0.3 is 5.11 Å². The number of aliphatic carboxylic acids is 1. The lowest BCUT2D eigenvalue weighted by atomic mass is 9.91. The fraction of sp³-hybridized carbons (Fsp3) is 0.400. The highest BCUT2D eigenvalue weighted by Crippen LogP contribution is 2.28. The number of rotatable bonds is 2. The van der Waals surface area contributed by atoms with Crippen LogP contribution in [0.4, 0.5) is 0 Å². The fourth-order valence-corrected chi connectivity index (χ4v) is 1.91. The lowest BCUT2D eigenvalue weighted by Crippen LogP contribution is -2.30. The van der Waals surface area contributed by atoms with E-state index in [9.17, 15) is 4.79 Å². The molecule has 5 nitrogen and oxygen atoms in total. The van der Waals surface area contributed by atoms with Gasteiger partial charge in [0.25, 0.3) is 0 Å². The van der Waals surface area contributed by atoms with Crippen molar-refractivity contribution >= 4 is 5.97 Å². The third-order valence-corrected chi connectivity index (χ3v) is 2.71. The van der Waals surface area contributed by atoms with Gasteiger partial charge in [-0.05, 0) is 24.6 Å². The van der Waals surface area contributed by atoms with E-state index in [-0.39, 0.29) is 12.1 Å². The lowest BCUT2D eigenvalue weighted by molar-refractivity contribution is -0.142. The highest BCUT2D eigenvalue weighted by Gasteiger charge is 2.39.